The lowest BCUT2D eigenvalue weighted by molar-refractivity contribution is -0.130. The number of benzene rings is 1. The summed E-state index contributed by atoms with van der Waals surface area (Å²) in [6, 6.07) is 8.53. The van der Waals surface area contributed by atoms with Crippen LogP contribution in [0.15, 0.2) is 42.7 Å². The quantitative estimate of drug-likeness (QED) is 0.855. The number of carbonyl (C=O) groups is 1. The largest absolute Gasteiger partial charge is 0.497 e. The monoisotopic (exact) mass is 285 g/mol. The highest BCUT2D eigenvalue weighted by Gasteiger charge is 2.16. The van der Waals surface area contributed by atoms with Crippen molar-refractivity contribution in [2.24, 2.45) is 0 Å². The van der Waals surface area contributed by atoms with Crippen LogP contribution in [0.4, 0.5) is 0 Å². The number of nitrogens with zero attached hydrogens (tertiary/aromatic N) is 1. The number of ether oxygens (including phenoxy) is 2. The van der Waals surface area contributed by atoms with E-state index in [1.807, 2.05) is 0 Å². The minimum atomic E-state index is -1.04. The standard InChI is InChI=1S/C16H15NO4/c1-20-12-5-6-13(15(9-12)21-2)14(16(18)19)8-11-4-3-7-17-10-11/h3-10H,1-2H3,(H,18,19)/b14-8-. The van der Waals surface area contributed by atoms with E-state index < -0.39 is 5.97 Å². The van der Waals surface area contributed by atoms with Gasteiger partial charge >= 0.3 is 5.97 Å². The third-order valence-electron chi connectivity index (χ3n) is 2.92. The lowest BCUT2D eigenvalue weighted by atomic mass is 10.0. The van der Waals surface area contributed by atoms with Gasteiger partial charge in [-0.2, -0.15) is 0 Å². The molecule has 0 saturated heterocycles. The van der Waals surface area contributed by atoms with Crippen molar-refractivity contribution in [1.82, 2.24) is 4.98 Å². The van der Waals surface area contributed by atoms with Gasteiger partial charge in [-0.05, 0) is 29.8 Å². The van der Waals surface area contributed by atoms with Crippen molar-refractivity contribution in [1.29, 1.82) is 0 Å². The normalized spacial score (nSPS) is 11.0. The highest BCUT2D eigenvalue weighted by Crippen LogP contribution is 2.31. The Bertz CT molecular complexity index is 665. The summed E-state index contributed by atoms with van der Waals surface area (Å²) in [6.45, 7) is 0. The van der Waals surface area contributed by atoms with E-state index in [9.17, 15) is 9.90 Å². The molecule has 21 heavy (non-hydrogen) atoms. The Morgan fingerprint density at radius 2 is 2.05 bits per heavy atom. The van der Waals surface area contributed by atoms with Gasteiger partial charge in [0.15, 0.2) is 0 Å². The summed E-state index contributed by atoms with van der Waals surface area (Å²) < 4.78 is 10.4. The topological polar surface area (TPSA) is 68.7 Å². The van der Waals surface area contributed by atoms with Crippen molar-refractivity contribution in [2.45, 2.75) is 0 Å². The predicted molar refractivity (Wildman–Crippen MR) is 79.3 cm³/mol. The number of hydrogen-bond acceptors (Lipinski definition) is 4. The average Bonchev–Trinajstić information content (AvgIpc) is 2.52. The van der Waals surface area contributed by atoms with Gasteiger partial charge in [0.1, 0.15) is 11.5 Å². The minimum absolute atomic E-state index is 0.127. The maximum atomic E-state index is 11.6. The van der Waals surface area contributed by atoms with Crippen LogP contribution in [0.1, 0.15) is 11.1 Å². The Kier molecular flexibility index (Phi) is 4.56. The van der Waals surface area contributed by atoms with Gasteiger partial charge < -0.3 is 14.6 Å². The zero-order valence-corrected chi connectivity index (χ0v) is 11.7. The number of carboxylic acids is 1. The second-order valence-electron chi connectivity index (χ2n) is 4.22. The van der Waals surface area contributed by atoms with Gasteiger partial charge in [-0.25, -0.2) is 4.79 Å². The molecule has 0 aliphatic heterocycles. The zero-order valence-electron chi connectivity index (χ0n) is 11.7. The molecule has 2 rings (SSSR count). The minimum Gasteiger partial charge on any atom is -0.497 e. The average molecular weight is 285 g/mol. The van der Waals surface area contributed by atoms with Gasteiger partial charge in [0.2, 0.25) is 0 Å². The van der Waals surface area contributed by atoms with Crippen LogP contribution in [0.2, 0.25) is 0 Å². The summed E-state index contributed by atoms with van der Waals surface area (Å²) in [5.41, 5.74) is 1.31. The summed E-state index contributed by atoms with van der Waals surface area (Å²) in [5, 5.41) is 9.46. The molecule has 1 aromatic heterocycles. The number of aliphatic carboxylic acids is 1. The van der Waals surface area contributed by atoms with Crippen molar-refractivity contribution in [3.8, 4) is 11.5 Å². The summed E-state index contributed by atoms with van der Waals surface area (Å²) >= 11 is 0. The van der Waals surface area contributed by atoms with Crippen molar-refractivity contribution in [3.63, 3.8) is 0 Å². The van der Waals surface area contributed by atoms with E-state index in [1.54, 1.807) is 48.8 Å². The fourth-order valence-corrected chi connectivity index (χ4v) is 1.90. The Labute approximate surface area is 122 Å². The Morgan fingerprint density at radius 1 is 1.24 bits per heavy atom. The van der Waals surface area contributed by atoms with Gasteiger partial charge in [0.05, 0.1) is 19.8 Å². The number of methoxy groups -OCH3 is 2. The molecule has 1 aromatic carbocycles. The fourth-order valence-electron chi connectivity index (χ4n) is 1.90. The molecule has 5 heteroatoms. The molecular weight excluding hydrogens is 270 g/mol. The molecular formula is C16H15NO4. The lowest BCUT2D eigenvalue weighted by Crippen LogP contribution is -2.02. The van der Waals surface area contributed by atoms with Gasteiger partial charge in [-0.3, -0.25) is 4.98 Å². The summed E-state index contributed by atoms with van der Waals surface area (Å²) in [4.78, 5) is 15.5. The number of aromatic nitrogens is 1. The third-order valence-corrected chi connectivity index (χ3v) is 2.92. The molecule has 0 saturated carbocycles. The number of pyridine rings is 1. The van der Waals surface area contributed by atoms with Crippen LogP contribution in [0.3, 0.4) is 0 Å². The van der Waals surface area contributed by atoms with Crippen LogP contribution in [0, 0.1) is 0 Å². The summed E-state index contributed by atoms with van der Waals surface area (Å²) in [7, 11) is 3.03. The van der Waals surface area contributed by atoms with E-state index in [1.165, 1.54) is 14.2 Å². The number of hydrogen-bond donors (Lipinski definition) is 1. The highest BCUT2D eigenvalue weighted by molar-refractivity contribution is 6.21. The van der Waals surface area contributed by atoms with Crippen LogP contribution >= 0.6 is 0 Å². The van der Waals surface area contributed by atoms with E-state index in [0.29, 0.717) is 22.6 Å². The first-order valence-corrected chi connectivity index (χ1v) is 6.23. The van der Waals surface area contributed by atoms with Crippen LogP contribution in [0.5, 0.6) is 11.5 Å². The summed E-state index contributed by atoms with van der Waals surface area (Å²) in [5.74, 6) is -0.00377. The molecule has 0 radical (unpaired) electrons. The molecule has 0 atom stereocenters. The van der Waals surface area contributed by atoms with Crippen molar-refractivity contribution in [3.05, 3.63) is 53.9 Å². The molecule has 1 heterocycles. The van der Waals surface area contributed by atoms with E-state index in [2.05, 4.69) is 4.98 Å². The van der Waals surface area contributed by atoms with Gasteiger partial charge in [-0.15, -0.1) is 0 Å². The van der Waals surface area contributed by atoms with E-state index >= 15 is 0 Å². The van der Waals surface area contributed by atoms with Crippen LogP contribution < -0.4 is 9.47 Å². The van der Waals surface area contributed by atoms with Crippen LogP contribution in [-0.4, -0.2) is 30.3 Å². The molecule has 1 N–H and O–H groups in total. The first-order valence-electron chi connectivity index (χ1n) is 6.23. The molecule has 0 amide bonds. The first-order chi connectivity index (χ1) is 10.2. The molecule has 0 aliphatic rings. The maximum Gasteiger partial charge on any atom is 0.336 e. The number of rotatable bonds is 5. The van der Waals surface area contributed by atoms with Gasteiger partial charge in [0, 0.05) is 24.0 Å². The maximum absolute atomic E-state index is 11.6. The fraction of sp³-hybridized carbons (Fsp3) is 0.125. The lowest BCUT2D eigenvalue weighted by Gasteiger charge is -2.11. The van der Waals surface area contributed by atoms with Crippen LogP contribution in [0.25, 0.3) is 11.6 Å². The second-order valence-corrected chi connectivity index (χ2v) is 4.22. The highest BCUT2D eigenvalue weighted by atomic mass is 16.5. The SMILES string of the molecule is COc1ccc(/C(=C/c2cccnc2)C(=O)O)c(OC)c1. The van der Waals surface area contributed by atoms with Gasteiger partial charge in [0.25, 0.3) is 0 Å². The smallest absolute Gasteiger partial charge is 0.336 e. The predicted octanol–water partition coefficient (Wildman–Crippen LogP) is 2.72. The zero-order chi connectivity index (χ0) is 15.2. The Balaban J connectivity index is 2.54. The van der Waals surface area contributed by atoms with E-state index in [-0.39, 0.29) is 5.57 Å². The molecule has 0 unspecified atom stereocenters. The van der Waals surface area contributed by atoms with Crippen molar-refractivity contribution >= 4 is 17.6 Å². The van der Waals surface area contributed by atoms with Gasteiger partial charge in [-0.1, -0.05) is 6.07 Å². The molecule has 2 aromatic rings. The molecule has 0 bridgehead atoms. The molecule has 0 fully saturated rings. The molecule has 0 aliphatic carbocycles. The molecule has 0 spiro atoms. The van der Waals surface area contributed by atoms with Crippen LogP contribution in [-0.2, 0) is 4.79 Å². The van der Waals surface area contributed by atoms with E-state index in [0.717, 1.165) is 0 Å². The number of carboxylic acid groups (broad SMARTS) is 1. The third kappa shape index (κ3) is 3.39. The van der Waals surface area contributed by atoms with E-state index in [4.69, 9.17) is 9.47 Å². The molecule has 5 nitrogen and oxygen atoms in total. The molecule has 108 valence electrons. The Morgan fingerprint density at radius 3 is 2.62 bits per heavy atom. The second kappa shape index (κ2) is 6.56. The van der Waals surface area contributed by atoms with Crippen molar-refractivity contribution < 1.29 is 19.4 Å². The first kappa shape index (κ1) is 14.6. The van der Waals surface area contributed by atoms with Crippen molar-refractivity contribution in [2.75, 3.05) is 14.2 Å². The Hall–Kier alpha value is -2.82. The summed E-state index contributed by atoms with van der Waals surface area (Å²) in [6.07, 6.45) is 4.78.